The van der Waals surface area contributed by atoms with Crippen molar-refractivity contribution in [2.24, 2.45) is 11.8 Å². The van der Waals surface area contributed by atoms with E-state index in [2.05, 4.69) is 0 Å². The number of ketones is 2. The van der Waals surface area contributed by atoms with Gasteiger partial charge in [0.15, 0.2) is 11.6 Å². The number of likely N-dealkylation sites (tertiary alicyclic amines) is 2. The van der Waals surface area contributed by atoms with E-state index in [1.165, 1.54) is 30.3 Å². The number of phenols is 2. The van der Waals surface area contributed by atoms with Gasteiger partial charge in [-0.2, -0.15) is 0 Å². The molecule has 2 aliphatic rings. The first kappa shape index (κ1) is 30.2. The first-order valence-corrected chi connectivity index (χ1v) is 14.7. The summed E-state index contributed by atoms with van der Waals surface area (Å²) in [5.41, 5.74) is 1.35. The van der Waals surface area contributed by atoms with Crippen LogP contribution in [-0.4, -0.2) is 88.8 Å². The summed E-state index contributed by atoms with van der Waals surface area (Å²) in [7, 11) is 3.92. The Morgan fingerprint density at radius 3 is 1.98 bits per heavy atom. The number of likely N-dealkylation sites (N-methyl/N-ethyl adjacent to an activating group) is 1. The number of carbonyl (C=O) groups excluding carboxylic acids is 3. The molecule has 0 radical (unpaired) electrons. The van der Waals surface area contributed by atoms with Crippen molar-refractivity contribution in [1.29, 1.82) is 0 Å². The highest BCUT2D eigenvalue weighted by atomic mass is 19.1. The number of carbonyl (C=O) groups is 3. The van der Waals surface area contributed by atoms with Crippen molar-refractivity contribution in [3.05, 3.63) is 94.8 Å². The maximum absolute atomic E-state index is 15.0. The molecule has 0 aliphatic carbocycles. The van der Waals surface area contributed by atoms with Gasteiger partial charge >= 0.3 is 6.03 Å². The van der Waals surface area contributed by atoms with Crippen LogP contribution < -0.4 is 0 Å². The van der Waals surface area contributed by atoms with E-state index in [4.69, 9.17) is 0 Å². The molecule has 1 unspecified atom stereocenters. The lowest BCUT2D eigenvalue weighted by atomic mass is 9.68. The number of halogens is 1. The van der Waals surface area contributed by atoms with Gasteiger partial charge in [0.25, 0.3) is 0 Å². The molecule has 3 aromatic rings. The molecule has 43 heavy (non-hydrogen) atoms. The molecule has 2 heterocycles. The van der Waals surface area contributed by atoms with Crippen LogP contribution in [0.15, 0.2) is 66.7 Å². The summed E-state index contributed by atoms with van der Waals surface area (Å²) < 4.78 is 15.0. The first-order chi connectivity index (χ1) is 20.5. The van der Waals surface area contributed by atoms with E-state index >= 15 is 0 Å². The Kier molecular flexibility index (Phi) is 8.82. The number of nitrogens with zero attached hydrogens (tertiary/aromatic N) is 3. The second-order valence-electron chi connectivity index (χ2n) is 12.0. The van der Waals surface area contributed by atoms with Crippen molar-refractivity contribution < 1.29 is 29.0 Å². The highest BCUT2D eigenvalue weighted by Crippen LogP contribution is 2.43. The summed E-state index contributed by atoms with van der Waals surface area (Å²) >= 11 is 0. The summed E-state index contributed by atoms with van der Waals surface area (Å²) in [4.78, 5) is 48.2. The van der Waals surface area contributed by atoms with Crippen molar-refractivity contribution in [3.63, 3.8) is 0 Å². The number of amides is 2. The van der Waals surface area contributed by atoms with E-state index < -0.39 is 23.6 Å². The van der Waals surface area contributed by atoms with Gasteiger partial charge in [0, 0.05) is 61.1 Å². The van der Waals surface area contributed by atoms with E-state index in [1.807, 2.05) is 23.9 Å². The van der Waals surface area contributed by atoms with Crippen molar-refractivity contribution in [1.82, 2.24) is 14.7 Å². The van der Waals surface area contributed by atoms with Crippen LogP contribution in [0.5, 0.6) is 11.5 Å². The fourth-order valence-electron chi connectivity index (χ4n) is 6.75. The zero-order valence-corrected chi connectivity index (χ0v) is 24.7. The minimum absolute atomic E-state index is 0.00568. The number of hydrogen-bond donors (Lipinski definition) is 2. The second-order valence-corrected chi connectivity index (χ2v) is 12.0. The van der Waals surface area contributed by atoms with Crippen LogP contribution in [0.3, 0.4) is 0 Å². The van der Waals surface area contributed by atoms with Crippen LogP contribution in [0, 0.1) is 24.6 Å². The lowest BCUT2D eigenvalue weighted by Gasteiger charge is -2.45. The lowest BCUT2D eigenvalue weighted by Crippen LogP contribution is -2.57. The van der Waals surface area contributed by atoms with Gasteiger partial charge < -0.3 is 24.9 Å². The smallest absolute Gasteiger partial charge is 0.320 e. The number of aromatic hydroxyl groups is 2. The number of phenolic OH excluding ortho intramolecular Hbond substituents is 2. The fraction of sp³-hybridized carbons (Fsp3) is 0.382. The van der Waals surface area contributed by atoms with Crippen molar-refractivity contribution in [2.45, 2.75) is 31.7 Å². The van der Waals surface area contributed by atoms with E-state index in [9.17, 15) is 29.0 Å². The molecular weight excluding hydrogens is 549 g/mol. The molecule has 2 N–H and O–H groups in total. The SMILES string of the molecule is Cc1c(F)cccc1C1[C@@H](C(=O)c2cccc(O)c2)CN(C(=O)N2CCC[C@@H]2CN(C)C)C[C@H]1C(=O)c1cccc(O)c1. The van der Waals surface area contributed by atoms with Gasteiger partial charge in [-0.3, -0.25) is 9.59 Å². The number of hydrogen-bond acceptors (Lipinski definition) is 6. The van der Waals surface area contributed by atoms with E-state index in [0.29, 0.717) is 24.2 Å². The van der Waals surface area contributed by atoms with Crippen LogP contribution in [0.2, 0.25) is 0 Å². The Hall–Kier alpha value is -4.24. The maximum Gasteiger partial charge on any atom is 0.320 e. The summed E-state index contributed by atoms with van der Waals surface area (Å²) in [6.45, 7) is 2.97. The zero-order chi connectivity index (χ0) is 30.8. The molecule has 226 valence electrons. The maximum atomic E-state index is 15.0. The molecule has 8 nitrogen and oxygen atoms in total. The van der Waals surface area contributed by atoms with Gasteiger partial charge in [0.1, 0.15) is 17.3 Å². The normalized spacial score (nSPS) is 22.2. The number of piperidine rings is 1. The Morgan fingerprint density at radius 1 is 0.884 bits per heavy atom. The molecule has 5 rings (SSSR count). The Morgan fingerprint density at radius 2 is 1.44 bits per heavy atom. The number of Topliss-reactive ketones (excluding diaryl/α,β-unsaturated/α-hetero) is 2. The van der Waals surface area contributed by atoms with Gasteiger partial charge in [-0.1, -0.05) is 36.4 Å². The molecule has 0 aromatic heterocycles. The van der Waals surface area contributed by atoms with E-state index in [0.717, 1.165) is 12.8 Å². The van der Waals surface area contributed by atoms with Gasteiger partial charge in [-0.15, -0.1) is 0 Å². The summed E-state index contributed by atoms with van der Waals surface area (Å²) in [5, 5.41) is 20.3. The quantitative estimate of drug-likeness (QED) is 0.374. The third-order valence-corrected chi connectivity index (χ3v) is 8.77. The minimum atomic E-state index is -0.902. The number of benzene rings is 3. The molecule has 0 saturated carbocycles. The largest absolute Gasteiger partial charge is 0.508 e. The average Bonchev–Trinajstić information content (AvgIpc) is 3.44. The molecule has 0 spiro atoms. The van der Waals surface area contributed by atoms with Crippen LogP contribution >= 0.6 is 0 Å². The van der Waals surface area contributed by atoms with Crippen molar-refractivity contribution in [2.75, 3.05) is 40.3 Å². The van der Waals surface area contributed by atoms with E-state index in [1.54, 1.807) is 48.2 Å². The summed E-state index contributed by atoms with van der Waals surface area (Å²) in [6.07, 6.45) is 1.72. The van der Waals surface area contributed by atoms with Gasteiger partial charge in [-0.05, 0) is 75.3 Å². The second kappa shape index (κ2) is 12.6. The predicted octanol–water partition coefficient (Wildman–Crippen LogP) is 5.09. The molecule has 2 fully saturated rings. The standard InChI is InChI=1S/C34H38FN3O5/c1-21-27(13-6-14-30(21)35)31-28(32(41)22-8-4-11-25(39)16-22)19-37(34(43)38-15-7-10-24(38)18-36(2)3)20-29(31)33(42)23-9-5-12-26(40)17-23/h4-6,8-9,11-14,16-17,24,28-29,31,39-40H,7,10,15,18-20H2,1-3H3/t24-,28-,29+,31?/m1/s1. The summed E-state index contributed by atoms with van der Waals surface area (Å²) in [6, 6.07) is 16.4. The third kappa shape index (κ3) is 6.27. The highest BCUT2D eigenvalue weighted by molar-refractivity contribution is 6.03. The molecule has 9 heteroatoms. The highest BCUT2D eigenvalue weighted by Gasteiger charge is 2.48. The zero-order valence-electron chi connectivity index (χ0n) is 24.7. The molecule has 3 aromatic carbocycles. The Bertz CT molecular complexity index is 1460. The molecule has 2 saturated heterocycles. The van der Waals surface area contributed by atoms with Crippen LogP contribution in [0.1, 0.15) is 50.6 Å². The van der Waals surface area contributed by atoms with Gasteiger partial charge in [0.05, 0.1) is 0 Å². The molecule has 4 atom stereocenters. The van der Waals surface area contributed by atoms with Crippen LogP contribution in [-0.2, 0) is 0 Å². The van der Waals surface area contributed by atoms with E-state index in [-0.39, 0.29) is 59.4 Å². The molecular formula is C34H38FN3O5. The predicted molar refractivity (Wildman–Crippen MR) is 161 cm³/mol. The Labute approximate surface area is 251 Å². The summed E-state index contributed by atoms with van der Waals surface area (Å²) in [5.74, 6) is -3.87. The Balaban J connectivity index is 1.63. The van der Waals surface area contributed by atoms with Crippen molar-refractivity contribution in [3.8, 4) is 11.5 Å². The number of rotatable bonds is 7. The van der Waals surface area contributed by atoms with Crippen molar-refractivity contribution >= 4 is 17.6 Å². The lowest BCUT2D eigenvalue weighted by molar-refractivity contribution is 0.0578. The monoisotopic (exact) mass is 587 g/mol. The van der Waals surface area contributed by atoms with Crippen LogP contribution in [0.4, 0.5) is 9.18 Å². The minimum Gasteiger partial charge on any atom is -0.508 e. The van der Waals surface area contributed by atoms with Gasteiger partial charge in [-0.25, -0.2) is 9.18 Å². The van der Waals surface area contributed by atoms with Gasteiger partial charge in [0.2, 0.25) is 0 Å². The van der Waals surface area contributed by atoms with Crippen LogP contribution in [0.25, 0.3) is 0 Å². The molecule has 2 amide bonds. The number of urea groups is 1. The topological polar surface area (TPSA) is 101 Å². The molecule has 0 bridgehead atoms. The average molecular weight is 588 g/mol. The molecule has 2 aliphatic heterocycles. The third-order valence-electron chi connectivity index (χ3n) is 8.77. The first-order valence-electron chi connectivity index (χ1n) is 14.7. The fourth-order valence-corrected chi connectivity index (χ4v) is 6.75.